The molecule has 0 fully saturated rings. The second-order valence-corrected chi connectivity index (χ2v) is 4.95. The number of hydrogen-bond donors (Lipinski definition) is 3. The predicted octanol–water partition coefficient (Wildman–Crippen LogP) is 2.77. The Morgan fingerprint density at radius 1 is 1.05 bits per heavy atom. The van der Waals surface area contributed by atoms with Crippen LogP contribution in [0.2, 0.25) is 0 Å². The van der Waals surface area contributed by atoms with Crippen molar-refractivity contribution in [3.63, 3.8) is 0 Å². The third kappa shape index (κ3) is 13.0. The molecule has 0 heterocycles. The van der Waals surface area contributed by atoms with Gasteiger partial charge < -0.3 is 16.3 Å². The van der Waals surface area contributed by atoms with Crippen LogP contribution in [-0.4, -0.2) is 23.5 Å². The Hall–Kier alpha value is -1.26. The van der Waals surface area contributed by atoms with Crippen LogP contribution in [0.25, 0.3) is 0 Å². The fourth-order valence-corrected chi connectivity index (χ4v) is 1.91. The minimum absolute atomic E-state index is 0.0282. The molecule has 0 aromatic rings. The topological polar surface area (TPSA) is 87.7 Å². The van der Waals surface area contributed by atoms with E-state index >= 15 is 0 Å². The minimum atomic E-state index is -0.0328. The zero-order chi connectivity index (χ0) is 14.3. The number of amidine groups is 1. The largest absolute Gasteiger partial charge is 0.409 e. The van der Waals surface area contributed by atoms with Gasteiger partial charge in [-0.15, -0.1) is 0 Å². The number of rotatable bonds is 12. The van der Waals surface area contributed by atoms with Crippen LogP contribution in [0.3, 0.4) is 0 Å². The summed E-state index contributed by atoms with van der Waals surface area (Å²) in [5.74, 6) is -0.00465. The number of amides is 1. The van der Waals surface area contributed by atoms with E-state index in [-0.39, 0.29) is 18.3 Å². The molecule has 0 rings (SSSR count). The lowest BCUT2D eigenvalue weighted by atomic mass is 10.1. The Balaban J connectivity index is 3.23. The number of unbranched alkanes of at least 4 members (excludes halogenated alkanes) is 8. The van der Waals surface area contributed by atoms with Crippen LogP contribution in [0, 0.1) is 0 Å². The van der Waals surface area contributed by atoms with Gasteiger partial charge >= 0.3 is 0 Å². The average Bonchev–Trinajstić information content (AvgIpc) is 2.42. The summed E-state index contributed by atoms with van der Waals surface area (Å²) < 4.78 is 0. The Morgan fingerprint density at radius 3 is 2.11 bits per heavy atom. The van der Waals surface area contributed by atoms with Crippen LogP contribution in [0.5, 0.6) is 0 Å². The summed E-state index contributed by atoms with van der Waals surface area (Å²) in [7, 11) is 0. The van der Waals surface area contributed by atoms with E-state index in [1.165, 1.54) is 44.9 Å². The number of oxime groups is 1. The van der Waals surface area contributed by atoms with E-state index in [2.05, 4.69) is 17.4 Å². The molecular formula is C14H29N3O2. The number of nitrogens with zero attached hydrogens (tertiary/aromatic N) is 1. The summed E-state index contributed by atoms with van der Waals surface area (Å²) in [4.78, 5) is 11.4. The summed E-state index contributed by atoms with van der Waals surface area (Å²) in [5.41, 5.74) is 5.25. The minimum Gasteiger partial charge on any atom is -0.409 e. The second-order valence-electron chi connectivity index (χ2n) is 4.95. The first-order chi connectivity index (χ1) is 9.20. The van der Waals surface area contributed by atoms with E-state index in [1.807, 2.05) is 0 Å². The first-order valence-electron chi connectivity index (χ1n) is 7.43. The summed E-state index contributed by atoms with van der Waals surface area (Å²) in [6.45, 7) is 2.35. The fourth-order valence-electron chi connectivity index (χ4n) is 1.91. The fraction of sp³-hybridized carbons (Fsp3) is 0.857. The summed E-state index contributed by atoms with van der Waals surface area (Å²) >= 11 is 0. The molecule has 5 nitrogen and oxygen atoms in total. The lowest BCUT2D eigenvalue weighted by Crippen LogP contribution is -2.33. The Morgan fingerprint density at radius 2 is 1.58 bits per heavy atom. The lowest BCUT2D eigenvalue weighted by Gasteiger charge is -2.04. The van der Waals surface area contributed by atoms with Crippen molar-refractivity contribution in [3.8, 4) is 0 Å². The zero-order valence-corrected chi connectivity index (χ0v) is 12.2. The molecule has 0 saturated carbocycles. The summed E-state index contributed by atoms with van der Waals surface area (Å²) in [6.07, 6.45) is 11.7. The van der Waals surface area contributed by atoms with Crippen molar-refractivity contribution in [2.45, 2.75) is 71.1 Å². The molecule has 0 aliphatic heterocycles. The smallest absolute Gasteiger partial charge is 0.220 e. The van der Waals surface area contributed by atoms with E-state index in [0.717, 1.165) is 12.8 Å². The molecule has 0 spiro atoms. The van der Waals surface area contributed by atoms with Gasteiger partial charge in [-0.25, -0.2) is 0 Å². The van der Waals surface area contributed by atoms with E-state index in [1.54, 1.807) is 0 Å². The Bertz CT molecular complexity index is 255. The highest BCUT2D eigenvalue weighted by Crippen LogP contribution is 2.10. The maximum Gasteiger partial charge on any atom is 0.220 e. The van der Waals surface area contributed by atoms with Crippen molar-refractivity contribution >= 4 is 11.7 Å². The molecule has 0 aromatic heterocycles. The first-order valence-corrected chi connectivity index (χ1v) is 7.43. The maximum absolute atomic E-state index is 11.4. The molecular weight excluding hydrogens is 242 g/mol. The van der Waals surface area contributed by atoms with Crippen LogP contribution < -0.4 is 11.1 Å². The number of hydrogen-bond acceptors (Lipinski definition) is 3. The maximum atomic E-state index is 11.4. The van der Waals surface area contributed by atoms with Gasteiger partial charge in [0.05, 0.1) is 6.54 Å². The number of carbonyl (C=O) groups is 1. The van der Waals surface area contributed by atoms with Gasteiger partial charge in [0, 0.05) is 6.42 Å². The molecule has 0 aliphatic rings. The molecule has 1 amide bonds. The predicted molar refractivity (Wildman–Crippen MR) is 78.3 cm³/mol. The lowest BCUT2D eigenvalue weighted by molar-refractivity contribution is -0.120. The standard InChI is InChI=1S/C14H29N3O2/c1-2-3-4-5-6-7-8-9-10-11-14(18)16-12-13(15)17-19/h19H,2-12H2,1H3,(H2,15,17)(H,16,18). The van der Waals surface area contributed by atoms with Gasteiger partial charge in [-0.3, -0.25) is 4.79 Å². The molecule has 0 saturated heterocycles. The van der Waals surface area contributed by atoms with Gasteiger partial charge in [0.25, 0.3) is 0 Å². The molecule has 0 atom stereocenters. The van der Waals surface area contributed by atoms with Gasteiger partial charge in [-0.05, 0) is 6.42 Å². The zero-order valence-electron chi connectivity index (χ0n) is 12.2. The van der Waals surface area contributed by atoms with Crippen molar-refractivity contribution in [2.75, 3.05) is 6.54 Å². The van der Waals surface area contributed by atoms with Crippen molar-refractivity contribution < 1.29 is 10.0 Å². The van der Waals surface area contributed by atoms with Crippen molar-refractivity contribution in [1.82, 2.24) is 5.32 Å². The van der Waals surface area contributed by atoms with Crippen LogP contribution >= 0.6 is 0 Å². The first kappa shape index (κ1) is 17.7. The molecule has 0 radical (unpaired) electrons. The van der Waals surface area contributed by atoms with Crippen molar-refractivity contribution in [2.24, 2.45) is 10.9 Å². The van der Waals surface area contributed by atoms with Crippen LogP contribution in [0.15, 0.2) is 5.16 Å². The molecule has 0 bridgehead atoms. The monoisotopic (exact) mass is 271 g/mol. The molecule has 4 N–H and O–H groups in total. The van der Waals surface area contributed by atoms with Gasteiger partial charge in [0.2, 0.25) is 5.91 Å². The SMILES string of the molecule is CCCCCCCCCCCC(=O)NCC(N)=NO. The van der Waals surface area contributed by atoms with Gasteiger partial charge in [0.1, 0.15) is 0 Å². The third-order valence-electron chi connectivity index (χ3n) is 3.10. The van der Waals surface area contributed by atoms with Gasteiger partial charge in [-0.2, -0.15) is 0 Å². The van der Waals surface area contributed by atoms with Gasteiger partial charge in [0.15, 0.2) is 5.84 Å². The normalized spacial score (nSPS) is 11.5. The molecule has 112 valence electrons. The number of carbonyl (C=O) groups excluding carboxylic acids is 1. The van der Waals surface area contributed by atoms with Crippen LogP contribution in [0.1, 0.15) is 71.1 Å². The van der Waals surface area contributed by atoms with Crippen LogP contribution in [0.4, 0.5) is 0 Å². The highest BCUT2D eigenvalue weighted by molar-refractivity contribution is 5.86. The highest BCUT2D eigenvalue weighted by atomic mass is 16.4. The quantitative estimate of drug-likeness (QED) is 0.168. The number of nitrogens with one attached hydrogen (secondary N) is 1. The summed E-state index contributed by atoms with van der Waals surface area (Å²) in [5, 5.41) is 13.7. The van der Waals surface area contributed by atoms with Crippen molar-refractivity contribution in [3.05, 3.63) is 0 Å². The Kier molecular flexibility index (Phi) is 12.3. The van der Waals surface area contributed by atoms with E-state index in [4.69, 9.17) is 10.9 Å². The highest BCUT2D eigenvalue weighted by Gasteiger charge is 2.01. The molecule has 0 aromatic carbocycles. The second kappa shape index (κ2) is 13.2. The average molecular weight is 271 g/mol. The summed E-state index contributed by atoms with van der Waals surface area (Å²) in [6, 6.07) is 0. The third-order valence-corrected chi connectivity index (χ3v) is 3.10. The number of nitrogens with two attached hydrogens (primary N) is 1. The van der Waals surface area contributed by atoms with Crippen molar-refractivity contribution in [1.29, 1.82) is 0 Å². The molecule has 0 aliphatic carbocycles. The molecule has 5 heteroatoms. The molecule has 0 unspecified atom stereocenters. The van der Waals surface area contributed by atoms with E-state index in [0.29, 0.717) is 6.42 Å². The van der Waals surface area contributed by atoms with Gasteiger partial charge in [-0.1, -0.05) is 63.4 Å². The Labute approximate surface area is 116 Å². The van der Waals surface area contributed by atoms with E-state index in [9.17, 15) is 4.79 Å². The van der Waals surface area contributed by atoms with E-state index < -0.39 is 0 Å². The van der Waals surface area contributed by atoms with Crippen LogP contribution in [-0.2, 0) is 4.79 Å². The molecule has 19 heavy (non-hydrogen) atoms.